The van der Waals surface area contributed by atoms with Gasteiger partial charge in [-0.3, -0.25) is 4.79 Å². The van der Waals surface area contributed by atoms with Crippen molar-refractivity contribution < 1.29 is 17.9 Å². The van der Waals surface area contributed by atoms with E-state index in [1.54, 1.807) is 6.07 Å². The number of rotatable bonds is 5. The Balaban J connectivity index is 2.02. The Bertz CT molecular complexity index is 665. The van der Waals surface area contributed by atoms with Crippen molar-refractivity contribution in [1.82, 2.24) is 9.62 Å². The number of amides is 1. The number of sulfonamides is 1. The Morgan fingerprint density at radius 3 is 2.52 bits per heavy atom. The molecule has 1 aliphatic heterocycles. The number of carbonyl (C=O) groups excluding carboxylic acids is 1. The van der Waals surface area contributed by atoms with Crippen molar-refractivity contribution in [2.75, 3.05) is 26.8 Å². The van der Waals surface area contributed by atoms with Gasteiger partial charge in [0.1, 0.15) is 6.61 Å². The van der Waals surface area contributed by atoms with Crippen molar-refractivity contribution in [2.24, 2.45) is 0 Å². The molecule has 23 heavy (non-hydrogen) atoms. The van der Waals surface area contributed by atoms with Crippen LogP contribution in [0.2, 0.25) is 0 Å². The zero-order chi connectivity index (χ0) is 17.0. The maximum atomic E-state index is 12.8. The minimum atomic E-state index is -3.48. The van der Waals surface area contributed by atoms with Crippen LogP contribution >= 0.6 is 0 Å². The quantitative estimate of drug-likeness (QED) is 0.874. The molecular weight excluding hydrogens is 316 g/mol. The molecule has 0 unspecified atom stereocenters. The topological polar surface area (TPSA) is 75.7 Å². The molecule has 1 aromatic rings. The van der Waals surface area contributed by atoms with Crippen LogP contribution in [0.3, 0.4) is 0 Å². The molecule has 2 rings (SSSR count). The van der Waals surface area contributed by atoms with Gasteiger partial charge in [-0.15, -0.1) is 0 Å². The summed E-state index contributed by atoms with van der Waals surface area (Å²) in [4.78, 5) is 11.9. The third-order valence-corrected chi connectivity index (χ3v) is 6.10. The number of nitrogens with zero attached hydrogens (tertiary/aromatic N) is 1. The van der Waals surface area contributed by atoms with E-state index in [0.717, 1.165) is 11.1 Å². The first kappa shape index (κ1) is 17.9. The van der Waals surface area contributed by atoms with Crippen LogP contribution in [-0.2, 0) is 19.6 Å². The Hall–Kier alpha value is -1.44. The molecule has 0 saturated carbocycles. The molecule has 1 N–H and O–H groups in total. The molecule has 0 atom stereocenters. The number of ether oxygens (including phenoxy) is 1. The monoisotopic (exact) mass is 340 g/mol. The summed E-state index contributed by atoms with van der Waals surface area (Å²) in [6.45, 7) is 4.61. The van der Waals surface area contributed by atoms with Crippen molar-refractivity contribution in [3.63, 3.8) is 0 Å². The summed E-state index contributed by atoms with van der Waals surface area (Å²) in [5, 5.41) is 2.86. The van der Waals surface area contributed by atoms with Gasteiger partial charge in [0.25, 0.3) is 0 Å². The summed E-state index contributed by atoms with van der Waals surface area (Å²) in [6.07, 6.45) is 1.22. The average molecular weight is 340 g/mol. The van der Waals surface area contributed by atoms with Crippen LogP contribution < -0.4 is 5.32 Å². The molecule has 0 spiro atoms. The van der Waals surface area contributed by atoms with E-state index in [4.69, 9.17) is 4.74 Å². The molecule has 6 nitrogen and oxygen atoms in total. The Morgan fingerprint density at radius 2 is 1.96 bits per heavy atom. The molecule has 0 aromatic heterocycles. The summed E-state index contributed by atoms with van der Waals surface area (Å²) in [7, 11) is -2.00. The van der Waals surface area contributed by atoms with E-state index in [-0.39, 0.29) is 18.6 Å². The lowest BCUT2D eigenvalue weighted by Gasteiger charge is -2.32. The number of piperidine rings is 1. The fraction of sp³-hybridized carbons (Fsp3) is 0.562. The van der Waals surface area contributed by atoms with Crippen molar-refractivity contribution >= 4 is 15.9 Å². The van der Waals surface area contributed by atoms with Crippen molar-refractivity contribution in [3.8, 4) is 0 Å². The number of methoxy groups -OCH3 is 1. The van der Waals surface area contributed by atoms with E-state index in [9.17, 15) is 13.2 Å². The van der Waals surface area contributed by atoms with E-state index >= 15 is 0 Å². The van der Waals surface area contributed by atoms with Gasteiger partial charge >= 0.3 is 0 Å². The normalized spacial score (nSPS) is 17.2. The first-order chi connectivity index (χ1) is 10.8. The Labute approximate surface area is 137 Å². The van der Waals surface area contributed by atoms with Gasteiger partial charge in [0, 0.05) is 26.2 Å². The summed E-state index contributed by atoms with van der Waals surface area (Å²) in [5.41, 5.74) is 1.81. The molecule has 0 aliphatic carbocycles. The largest absolute Gasteiger partial charge is 0.375 e. The molecule has 1 fully saturated rings. The smallest absolute Gasteiger partial charge is 0.246 e. The van der Waals surface area contributed by atoms with E-state index in [1.165, 1.54) is 11.4 Å². The molecular formula is C16H24N2O4S. The third-order valence-electron chi connectivity index (χ3n) is 4.04. The van der Waals surface area contributed by atoms with Gasteiger partial charge in [0.2, 0.25) is 15.9 Å². The summed E-state index contributed by atoms with van der Waals surface area (Å²) >= 11 is 0. The SMILES string of the molecule is COCC(=O)NC1CCN(S(=O)(=O)c2ccc(C)cc2C)CC1. The molecule has 0 bridgehead atoms. The van der Waals surface area contributed by atoms with Crippen molar-refractivity contribution in [3.05, 3.63) is 29.3 Å². The summed E-state index contributed by atoms with van der Waals surface area (Å²) in [5.74, 6) is -0.164. The Morgan fingerprint density at radius 1 is 1.30 bits per heavy atom. The highest BCUT2D eigenvalue weighted by Gasteiger charge is 2.30. The minimum absolute atomic E-state index is 0.00298. The first-order valence-corrected chi connectivity index (χ1v) is 9.14. The second-order valence-electron chi connectivity index (χ2n) is 5.95. The van der Waals surface area contributed by atoms with Gasteiger partial charge in [0.05, 0.1) is 4.90 Å². The zero-order valence-electron chi connectivity index (χ0n) is 13.8. The lowest BCUT2D eigenvalue weighted by Crippen LogP contribution is -2.47. The molecule has 1 heterocycles. The molecule has 7 heteroatoms. The van der Waals surface area contributed by atoms with Crippen LogP contribution in [-0.4, -0.2) is 51.5 Å². The van der Waals surface area contributed by atoms with Gasteiger partial charge in [-0.1, -0.05) is 17.7 Å². The second kappa shape index (κ2) is 7.42. The average Bonchev–Trinajstić information content (AvgIpc) is 2.47. The lowest BCUT2D eigenvalue weighted by atomic mass is 10.1. The number of nitrogens with one attached hydrogen (secondary N) is 1. The van der Waals surface area contributed by atoms with E-state index in [2.05, 4.69) is 5.32 Å². The van der Waals surface area contributed by atoms with E-state index in [1.807, 2.05) is 26.0 Å². The van der Waals surface area contributed by atoms with Crippen LogP contribution in [0.25, 0.3) is 0 Å². The highest BCUT2D eigenvalue weighted by Crippen LogP contribution is 2.24. The standard InChI is InChI=1S/C16H24N2O4S/c1-12-4-5-15(13(2)10-12)23(20,21)18-8-6-14(7-9-18)17-16(19)11-22-3/h4-5,10,14H,6-9,11H2,1-3H3,(H,17,19). The number of benzene rings is 1. The predicted octanol–water partition coefficient (Wildman–Crippen LogP) is 1.22. The predicted molar refractivity (Wildman–Crippen MR) is 87.7 cm³/mol. The van der Waals surface area contributed by atoms with Crippen LogP contribution in [0.15, 0.2) is 23.1 Å². The lowest BCUT2D eigenvalue weighted by molar-refractivity contribution is -0.125. The van der Waals surface area contributed by atoms with E-state index < -0.39 is 10.0 Å². The van der Waals surface area contributed by atoms with Crippen LogP contribution in [0.5, 0.6) is 0 Å². The number of hydrogen-bond donors (Lipinski definition) is 1. The summed E-state index contributed by atoms with van der Waals surface area (Å²) in [6, 6.07) is 5.37. The zero-order valence-corrected chi connectivity index (χ0v) is 14.6. The first-order valence-electron chi connectivity index (χ1n) is 7.70. The van der Waals surface area contributed by atoms with Crippen LogP contribution in [0.1, 0.15) is 24.0 Å². The Kier molecular flexibility index (Phi) is 5.78. The van der Waals surface area contributed by atoms with Gasteiger partial charge < -0.3 is 10.1 Å². The number of hydrogen-bond acceptors (Lipinski definition) is 4. The maximum Gasteiger partial charge on any atom is 0.246 e. The molecule has 1 saturated heterocycles. The number of carbonyl (C=O) groups is 1. The van der Waals surface area contributed by atoms with Gasteiger partial charge in [-0.2, -0.15) is 4.31 Å². The maximum absolute atomic E-state index is 12.8. The second-order valence-corrected chi connectivity index (χ2v) is 7.85. The number of aryl methyl sites for hydroxylation is 2. The molecule has 1 aromatic carbocycles. The highest BCUT2D eigenvalue weighted by atomic mass is 32.2. The molecule has 1 aliphatic rings. The fourth-order valence-electron chi connectivity index (χ4n) is 2.87. The summed E-state index contributed by atoms with van der Waals surface area (Å²) < 4.78 is 31.8. The highest BCUT2D eigenvalue weighted by molar-refractivity contribution is 7.89. The molecule has 128 valence electrons. The van der Waals surface area contributed by atoms with Crippen molar-refractivity contribution in [1.29, 1.82) is 0 Å². The van der Waals surface area contributed by atoms with Gasteiger partial charge in [0.15, 0.2) is 0 Å². The molecule has 1 amide bonds. The van der Waals surface area contributed by atoms with Crippen LogP contribution in [0, 0.1) is 13.8 Å². The van der Waals surface area contributed by atoms with Gasteiger partial charge in [-0.05, 0) is 38.3 Å². The minimum Gasteiger partial charge on any atom is -0.375 e. The van der Waals surface area contributed by atoms with Gasteiger partial charge in [-0.25, -0.2) is 8.42 Å². The fourth-order valence-corrected chi connectivity index (χ4v) is 4.54. The molecule has 0 radical (unpaired) electrons. The van der Waals surface area contributed by atoms with E-state index in [0.29, 0.717) is 30.8 Å². The van der Waals surface area contributed by atoms with Crippen LogP contribution in [0.4, 0.5) is 0 Å². The van der Waals surface area contributed by atoms with Crippen molar-refractivity contribution in [2.45, 2.75) is 37.6 Å². The third kappa shape index (κ3) is 4.31.